The molecule has 0 bridgehead atoms. The van der Waals surface area contributed by atoms with Gasteiger partial charge in [0.05, 0.1) is 37.7 Å². The number of nitrogens with zero attached hydrogens (tertiary/aromatic N) is 4. The molecule has 31 heavy (non-hydrogen) atoms. The van der Waals surface area contributed by atoms with Gasteiger partial charge in [-0.3, -0.25) is 0 Å². The van der Waals surface area contributed by atoms with Crippen molar-refractivity contribution in [2.75, 3.05) is 46.6 Å². The van der Waals surface area contributed by atoms with Crippen molar-refractivity contribution in [1.29, 1.82) is 0 Å². The topological polar surface area (TPSA) is 63.9 Å². The predicted molar refractivity (Wildman–Crippen MR) is 136 cm³/mol. The number of methoxy groups -OCH3 is 1. The van der Waals surface area contributed by atoms with E-state index in [9.17, 15) is 0 Å². The monoisotopic (exact) mass is 541 g/mol. The van der Waals surface area contributed by atoms with Crippen LogP contribution < -0.4 is 5.32 Å². The molecular weight excluding hydrogens is 505 g/mol. The van der Waals surface area contributed by atoms with Gasteiger partial charge in [-0.15, -0.1) is 24.0 Å². The van der Waals surface area contributed by atoms with Gasteiger partial charge < -0.3 is 19.7 Å². The molecule has 1 N–H and O–H groups in total. The van der Waals surface area contributed by atoms with Gasteiger partial charge in [-0.25, -0.2) is 9.67 Å². The number of aryl methyl sites for hydroxylation is 1. The summed E-state index contributed by atoms with van der Waals surface area (Å²) in [6.45, 7) is 11.8. The minimum atomic E-state index is 0. The van der Waals surface area contributed by atoms with Gasteiger partial charge in [0.2, 0.25) is 0 Å². The van der Waals surface area contributed by atoms with E-state index >= 15 is 0 Å². The molecule has 0 amide bonds. The summed E-state index contributed by atoms with van der Waals surface area (Å²) in [5.74, 6) is 1.51. The number of ether oxygens (including phenoxy) is 2. The third kappa shape index (κ3) is 6.92. The molecule has 1 aliphatic rings. The molecule has 1 atom stereocenters. The Bertz CT molecular complexity index is 825. The number of nitrogens with one attached hydrogen (secondary N) is 1. The normalized spacial score (nSPS) is 16.5. The van der Waals surface area contributed by atoms with Crippen molar-refractivity contribution < 1.29 is 9.47 Å². The van der Waals surface area contributed by atoms with E-state index in [2.05, 4.69) is 43.1 Å². The van der Waals surface area contributed by atoms with Crippen molar-refractivity contribution in [2.45, 2.75) is 33.7 Å². The van der Waals surface area contributed by atoms with Crippen molar-refractivity contribution >= 4 is 29.9 Å². The van der Waals surface area contributed by atoms with Crippen molar-refractivity contribution in [3.8, 4) is 5.69 Å². The van der Waals surface area contributed by atoms with E-state index in [1.54, 1.807) is 7.11 Å². The molecule has 8 heteroatoms. The van der Waals surface area contributed by atoms with Crippen molar-refractivity contribution in [3.05, 3.63) is 47.3 Å². The van der Waals surface area contributed by atoms with Crippen molar-refractivity contribution in [1.82, 2.24) is 20.0 Å². The number of halogens is 1. The highest BCUT2D eigenvalue weighted by atomic mass is 127. The van der Waals surface area contributed by atoms with Crippen LogP contribution >= 0.6 is 24.0 Å². The fraction of sp³-hybridized carbons (Fsp3) is 0.565. The Hall–Kier alpha value is -1.65. The van der Waals surface area contributed by atoms with Gasteiger partial charge in [0.25, 0.3) is 0 Å². The largest absolute Gasteiger partial charge is 0.382 e. The van der Waals surface area contributed by atoms with Crippen LogP contribution in [-0.2, 0) is 16.0 Å². The Morgan fingerprint density at radius 1 is 1.23 bits per heavy atom. The average Bonchev–Trinajstić information content (AvgIpc) is 3.34. The lowest BCUT2D eigenvalue weighted by atomic mass is 10.1. The number of para-hydroxylation sites is 1. The maximum atomic E-state index is 5.73. The number of rotatable bonds is 9. The summed E-state index contributed by atoms with van der Waals surface area (Å²) in [5.41, 5.74) is 4.44. The average molecular weight is 541 g/mol. The van der Waals surface area contributed by atoms with E-state index in [1.807, 2.05) is 22.9 Å². The van der Waals surface area contributed by atoms with Gasteiger partial charge in [-0.2, -0.15) is 5.10 Å². The molecule has 2 heterocycles. The van der Waals surface area contributed by atoms with Crippen LogP contribution in [0, 0.1) is 19.8 Å². The summed E-state index contributed by atoms with van der Waals surface area (Å²) in [4.78, 5) is 7.30. The molecule has 1 fully saturated rings. The molecule has 1 aromatic carbocycles. The zero-order valence-electron chi connectivity index (χ0n) is 19.1. The van der Waals surface area contributed by atoms with E-state index in [0.717, 1.165) is 55.7 Å². The summed E-state index contributed by atoms with van der Waals surface area (Å²) in [6, 6.07) is 10.3. The summed E-state index contributed by atoms with van der Waals surface area (Å²) >= 11 is 0. The first-order chi connectivity index (χ1) is 14.6. The SMILES string of the molecule is CCNC(=NCc1c(C)nn(-c2ccccc2)c1C)N1CCC(COCCOC)C1.I. The number of aromatic nitrogens is 2. The van der Waals surface area contributed by atoms with E-state index in [1.165, 1.54) is 5.56 Å². The van der Waals surface area contributed by atoms with E-state index in [0.29, 0.717) is 25.7 Å². The predicted octanol–water partition coefficient (Wildman–Crippen LogP) is 3.56. The number of guanidine groups is 1. The number of benzene rings is 1. The molecular formula is C23H36IN5O2. The molecule has 0 aliphatic carbocycles. The Balaban J connectivity index is 0.00000341. The summed E-state index contributed by atoms with van der Waals surface area (Å²) in [7, 11) is 1.70. The number of hydrogen-bond acceptors (Lipinski definition) is 4. The van der Waals surface area contributed by atoms with Gasteiger partial charge in [-0.1, -0.05) is 18.2 Å². The van der Waals surface area contributed by atoms with Gasteiger partial charge in [-0.05, 0) is 39.3 Å². The van der Waals surface area contributed by atoms with Crippen LogP contribution in [0.25, 0.3) is 5.69 Å². The zero-order valence-corrected chi connectivity index (χ0v) is 21.5. The third-order valence-electron chi connectivity index (χ3n) is 5.53. The fourth-order valence-corrected chi connectivity index (χ4v) is 3.86. The lowest BCUT2D eigenvalue weighted by Crippen LogP contribution is -2.40. The molecule has 1 aliphatic heterocycles. The molecule has 0 radical (unpaired) electrons. The molecule has 7 nitrogen and oxygen atoms in total. The second-order valence-corrected chi connectivity index (χ2v) is 7.74. The third-order valence-corrected chi connectivity index (χ3v) is 5.53. The first-order valence-electron chi connectivity index (χ1n) is 10.8. The van der Waals surface area contributed by atoms with E-state index in [4.69, 9.17) is 19.6 Å². The molecule has 0 spiro atoms. The number of likely N-dealkylation sites (tertiary alicyclic amines) is 1. The second kappa shape index (κ2) is 13.0. The van der Waals surface area contributed by atoms with E-state index in [-0.39, 0.29) is 24.0 Å². The lowest BCUT2D eigenvalue weighted by Gasteiger charge is -2.21. The molecule has 1 unspecified atom stereocenters. The standard InChI is InChI=1S/C23H35N5O2.HI/c1-5-24-23(27-12-11-20(16-27)17-30-14-13-29-4)25-15-22-18(2)26-28(19(22)3)21-9-7-6-8-10-21;/h6-10,20H,5,11-17H2,1-4H3,(H,24,25);1H. The Kier molecular flexibility index (Phi) is 10.8. The van der Waals surface area contributed by atoms with Crippen LogP contribution in [0.5, 0.6) is 0 Å². The van der Waals surface area contributed by atoms with Crippen LogP contribution in [0.3, 0.4) is 0 Å². The quantitative estimate of drug-likeness (QED) is 0.228. The maximum absolute atomic E-state index is 5.73. The number of aliphatic imine (C=N–C) groups is 1. The van der Waals surface area contributed by atoms with Gasteiger partial charge in [0, 0.05) is 43.9 Å². The van der Waals surface area contributed by atoms with Crippen molar-refractivity contribution in [2.24, 2.45) is 10.9 Å². The Morgan fingerprint density at radius 3 is 2.71 bits per heavy atom. The highest BCUT2D eigenvalue weighted by Gasteiger charge is 2.25. The number of hydrogen-bond donors (Lipinski definition) is 1. The highest BCUT2D eigenvalue weighted by Crippen LogP contribution is 2.20. The van der Waals surface area contributed by atoms with Crippen LogP contribution in [0.2, 0.25) is 0 Å². The van der Waals surface area contributed by atoms with Gasteiger partial charge >= 0.3 is 0 Å². The molecule has 1 saturated heterocycles. The smallest absolute Gasteiger partial charge is 0.194 e. The Labute approximate surface area is 203 Å². The zero-order chi connectivity index (χ0) is 21.3. The molecule has 2 aromatic rings. The molecule has 1 aromatic heterocycles. The van der Waals surface area contributed by atoms with Crippen LogP contribution in [-0.4, -0.2) is 67.2 Å². The minimum Gasteiger partial charge on any atom is -0.382 e. The lowest BCUT2D eigenvalue weighted by molar-refractivity contribution is 0.0536. The van der Waals surface area contributed by atoms with Crippen molar-refractivity contribution in [3.63, 3.8) is 0 Å². The maximum Gasteiger partial charge on any atom is 0.194 e. The van der Waals surface area contributed by atoms with Crippen LogP contribution in [0.15, 0.2) is 35.3 Å². The van der Waals surface area contributed by atoms with Gasteiger partial charge in [0.15, 0.2) is 5.96 Å². The van der Waals surface area contributed by atoms with Crippen LogP contribution in [0.4, 0.5) is 0 Å². The first kappa shape index (κ1) is 25.6. The summed E-state index contributed by atoms with van der Waals surface area (Å²) in [5, 5.41) is 8.21. The highest BCUT2D eigenvalue weighted by molar-refractivity contribution is 14.0. The summed E-state index contributed by atoms with van der Waals surface area (Å²) < 4.78 is 12.8. The van der Waals surface area contributed by atoms with Gasteiger partial charge in [0.1, 0.15) is 0 Å². The fourth-order valence-electron chi connectivity index (χ4n) is 3.86. The minimum absolute atomic E-state index is 0. The Morgan fingerprint density at radius 2 is 2.00 bits per heavy atom. The first-order valence-corrected chi connectivity index (χ1v) is 10.8. The van der Waals surface area contributed by atoms with E-state index < -0.39 is 0 Å². The molecule has 172 valence electrons. The summed E-state index contributed by atoms with van der Waals surface area (Å²) in [6.07, 6.45) is 1.13. The molecule has 0 saturated carbocycles. The van der Waals surface area contributed by atoms with Crippen LogP contribution in [0.1, 0.15) is 30.3 Å². The second-order valence-electron chi connectivity index (χ2n) is 7.74. The molecule has 3 rings (SSSR count).